The summed E-state index contributed by atoms with van der Waals surface area (Å²) in [5, 5.41) is 0. The highest BCUT2D eigenvalue weighted by molar-refractivity contribution is 5.35. The van der Waals surface area contributed by atoms with Gasteiger partial charge in [0.2, 0.25) is 0 Å². The first-order valence-corrected chi connectivity index (χ1v) is 8.01. The molecule has 115 valence electrons. The summed E-state index contributed by atoms with van der Waals surface area (Å²) in [6.07, 6.45) is 2.03. The number of methoxy groups -OCH3 is 1. The molecule has 0 aliphatic carbocycles. The number of hydrogen-bond acceptors (Lipinski definition) is 1. The Balaban J connectivity index is 1.85. The highest BCUT2D eigenvalue weighted by Crippen LogP contribution is 2.30. The average Bonchev–Trinajstić information content (AvgIpc) is 2.64. The van der Waals surface area contributed by atoms with Crippen molar-refractivity contribution < 1.29 is 4.74 Å². The molecule has 3 aromatic rings. The number of benzene rings is 3. The van der Waals surface area contributed by atoms with Crippen LogP contribution >= 0.6 is 0 Å². The molecular formula is C22H21O. The van der Waals surface area contributed by atoms with Gasteiger partial charge in [0.05, 0.1) is 7.11 Å². The van der Waals surface area contributed by atoms with Crippen LogP contribution in [0.2, 0.25) is 0 Å². The summed E-state index contributed by atoms with van der Waals surface area (Å²) in [6, 6.07) is 30.5. The van der Waals surface area contributed by atoms with E-state index in [-0.39, 0.29) is 0 Å². The highest BCUT2D eigenvalue weighted by Gasteiger charge is 2.14. The van der Waals surface area contributed by atoms with E-state index in [1.807, 2.05) is 12.1 Å². The molecule has 1 heteroatoms. The van der Waals surface area contributed by atoms with Crippen molar-refractivity contribution in [2.75, 3.05) is 7.11 Å². The monoisotopic (exact) mass is 301 g/mol. The Hall–Kier alpha value is -2.54. The zero-order valence-electron chi connectivity index (χ0n) is 13.4. The van der Waals surface area contributed by atoms with Crippen molar-refractivity contribution >= 4 is 0 Å². The lowest BCUT2D eigenvalue weighted by atomic mass is 9.86. The van der Waals surface area contributed by atoms with Crippen molar-refractivity contribution in [2.45, 2.75) is 18.8 Å². The second-order valence-corrected chi connectivity index (χ2v) is 5.65. The van der Waals surface area contributed by atoms with Gasteiger partial charge in [0, 0.05) is 5.92 Å². The molecule has 0 bridgehead atoms. The van der Waals surface area contributed by atoms with E-state index in [4.69, 9.17) is 4.74 Å². The second-order valence-electron chi connectivity index (χ2n) is 5.65. The number of aryl methyl sites for hydroxylation is 1. The number of rotatable bonds is 6. The van der Waals surface area contributed by atoms with Crippen LogP contribution in [0.4, 0.5) is 0 Å². The smallest absolute Gasteiger partial charge is 0.122 e. The van der Waals surface area contributed by atoms with Crippen LogP contribution in [0.5, 0.6) is 5.75 Å². The zero-order valence-corrected chi connectivity index (χ0v) is 13.4. The maximum atomic E-state index is 5.46. The van der Waals surface area contributed by atoms with Gasteiger partial charge < -0.3 is 4.74 Å². The highest BCUT2D eigenvalue weighted by atomic mass is 16.5. The number of hydrogen-bond donors (Lipinski definition) is 0. The Kier molecular flexibility index (Phi) is 5.10. The Morgan fingerprint density at radius 2 is 1.48 bits per heavy atom. The van der Waals surface area contributed by atoms with Gasteiger partial charge in [0.25, 0.3) is 0 Å². The van der Waals surface area contributed by atoms with Gasteiger partial charge in [-0.25, -0.2) is 0 Å². The van der Waals surface area contributed by atoms with E-state index in [0.29, 0.717) is 5.92 Å². The first-order valence-electron chi connectivity index (χ1n) is 8.01. The Morgan fingerprint density at radius 1 is 0.870 bits per heavy atom. The van der Waals surface area contributed by atoms with Gasteiger partial charge in [-0.3, -0.25) is 0 Å². The lowest BCUT2D eigenvalue weighted by Gasteiger charge is -2.19. The van der Waals surface area contributed by atoms with Crippen molar-refractivity contribution in [2.24, 2.45) is 0 Å². The zero-order chi connectivity index (χ0) is 15.9. The molecule has 0 unspecified atom stereocenters. The van der Waals surface area contributed by atoms with Gasteiger partial charge in [0.1, 0.15) is 5.75 Å². The fourth-order valence-corrected chi connectivity index (χ4v) is 3.04. The molecule has 1 radical (unpaired) electrons. The van der Waals surface area contributed by atoms with Crippen LogP contribution < -0.4 is 4.74 Å². The molecule has 3 aromatic carbocycles. The molecule has 23 heavy (non-hydrogen) atoms. The second kappa shape index (κ2) is 7.64. The lowest BCUT2D eigenvalue weighted by molar-refractivity contribution is 0.408. The normalized spacial score (nSPS) is 10.7. The molecule has 0 atom stereocenters. The van der Waals surface area contributed by atoms with Crippen LogP contribution in [0.3, 0.4) is 0 Å². The molecule has 0 aromatic heterocycles. The molecule has 0 aliphatic rings. The lowest BCUT2D eigenvalue weighted by Crippen LogP contribution is -2.04. The quantitative estimate of drug-likeness (QED) is 0.603. The molecule has 0 spiro atoms. The molecule has 3 rings (SSSR count). The first-order chi connectivity index (χ1) is 11.4. The topological polar surface area (TPSA) is 9.23 Å². The van der Waals surface area contributed by atoms with Gasteiger partial charge >= 0.3 is 0 Å². The number of ether oxygens (including phenoxy) is 1. The summed E-state index contributed by atoms with van der Waals surface area (Å²) in [7, 11) is 1.72. The van der Waals surface area contributed by atoms with Crippen molar-refractivity contribution in [1.82, 2.24) is 0 Å². The molecule has 1 nitrogen and oxygen atoms in total. The van der Waals surface area contributed by atoms with Crippen LogP contribution in [0.25, 0.3) is 0 Å². The molecule has 0 saturated heterocycles. The third kappa shape index (κ3) is 3.81. The summed E-state index contributed by atoms with van der Waals surface area (Å²) in [4.78, 5) is 0. The third-order valence-electron chi connectivity index (χ3n) is 4.24. The minimum absolute atomic E-state index is 0.395. The molecule has 0 amide bonds. The fourth-order valence-electron chi connectivity index (χ4n) is 3.04. The van der Waals surface area contributed by atoms with Gasteiger partial charge in [-0.05, 0) is 41.7 Å². The molecule has 0 heterocycles. The van der Waals surface area contributed by atoms with E-state index in [9.17, 15) is 0 Å². The minimum Gasteiger partial charge on any atom is -0.496 e. The SMILES string of the molecule is COc1c[c]ccc1CCC(c1ccccc1)c1ccccc1. The minimum atomic E-state index is 0.395. The predicted molar refractivity (Wildman–Crippen MR) is 94.9 cm³/mol. The molecular weight excluding hydrogens is 280 g/mol. The van der Waals surface area contributed by atoms with Crippen molar-refractivity contribution in [3.63, 3.8) is 0 Å². The van der Waals surface area contributed by atoms with Crippen LogP contribution in [0.15, 0.2) is 78.9 Å². The van der Waals surface area contributed by atoms with Gasteiger partial charge in [0.15, 0.2) is 0 Å². The molecule has 0 fully saturated rings. The van der Waals surface area contributed by atoms with Crippen LogP contribution in [0.1, 0.15) is 29.0 Å². The molecule has 0 aliphatic heterocycles. The van der Waals surface area contributed by atoms with E-state index in [1.54, 1.807) is 7.11 Å². The predicted octanol–water partition coefficient (Wildman–Crippen LogP) is 5.26. The Labute approximate surface area is 138 Å². The summed E-state index contributed by atoms with van der Waals surface area (Å²) >= 11 is 0. The van der Waals surface area contributed by atoms with Gasteiger partial charge in [-0.15, -0.1) is 0 Å². The maximum absolute atomic E-state index is 5.46. The van der Waals surface area contributed by atoms with Gasteiger partial charge in [-0.2, -0.15) is 0 Å². The van der Waals surface area contributed by atoms with E-state index < -0.39 is 0 Å². The van der Waals surface area contributed by atoms with Crippen LogP contribution in [-0.2, 0) is 6.42 Å². The van der Waals surface area contributed by atoms with Crippen molar-refractivity contribution in [1.29, 1.82) is 0 Å². The maximum Gasteiger partial charge on any atom is 0.122 e. The summed E-state index contributed by atoms with van der Waals surface area (Å²) in [5.74, 6) is 1.32. The van der Waals surface area contributed by atoms with Gasteiger partial charge in [-0.1, -0.05) is 72.8 Å². The van der Waals surface area contributed by atoms with E-state index in [0.717, 1.165) is 18.6 Å². The molecule has 0 N–H and O–H groups in total. The summed E-state index contributed by atoms with van der Waals surface area (Å²) in [5.41, 5.74) is 3.96. The summed E-state index contributed by atoms with van der Waals surface area (Å²) < 4.78 is 5.46. The first kappa shape index (κ1) is 15.4. The van der Waals surface area contributed by atoms with E-state index >= 15 is 0 Å². The van der Waals surface area contributed by atoms with Crippen molar-refractivity contribution in [3.05, 3.63) is 102 Å². The fraction of sp³-hybridized carbons (Fsp3) is 0.182. The summed E-state index contributed by atoms with van der Waals surface area (Å²) in [6.45, 7) is 0. The third-order valence-corrected chi connectivity index (χ3v) is 4.24. The standard InChI is InChI=1S/C22H21O/c1-23-22-15-9-8-14-20(22)16-17-21(18-10-4-2-5-11-18)19-12-6-3-7-13-19/h2-8,10-15,21H,16-17H2,1H3. The van der Waals surface area contributed by atoms with E-state index in [2.05, 4.69) is 72.8 Å². The van der Waals surface area contributed by atoms with E-state index in [1.165, 1.54) is 16.7 Å². The Morgan fingerprint density at radius 3 is 2.04 bits per heavy atom. The average molecular weight is 301 g/mol. The van der Waals surface area contributed by atoms with Crippen molar-refractivity contribution in [3.8, 4) is 5.75 Å². The largest absolute Gasteiger partial charge is 0.496 e. The van der Waals surface area contributed by atoms with Crippen LogP contribution in [-0.4, -0.2) is 7.11 Å². The van der Waals surface area contributed by atoms with Crippen LogP contribution in [0, 0.1) is 6.07 Å². The Bertz CT molecular complexity index is 680. The molecule has 0 saturated carbocycles.